The lowest BCUT2D eigenvalue weighted by molar-refractivity contribution is 0.279. The summed E-state index contributed by atoms with van der Waals surface area (Å²) in [4.78, 5) is -0.0689. The van der Waals surface area contributed by atoms with Crippen molar-refractivity contribution in [3.05, 3.63) is 66.1 Å². The van der Waals surface area contributed by atoms with Crippen LogP contribution in [0.5, 0.6) is 11.5 Å². The van der Waals surface area contributed by atoms with Gasteiger partial charge < -0.3 is 4.74 Å². The summed E-state index contributed by atoms with van der Waals surface area (Å²) in [6, 6.07) is 14.8. The molecule has 0 radical (unpaired) electrons. The molecule has 1 aliphatic rings. The highest BCUT2D eigenvalue weighted by Gasteiger charge is 2.28. The number of para-hydroxylation sites is 1. The molecule has 0 unspecified atom stereocenters. The van der Waals surface area contributed by atoms with Gasteiger partial charge in [-0.25, -0.2) is 8.42 Å². The van der Waals surface area contributed by atoms with E-state index in [2.05, 4.69) is 0 Å². The molecule has 3 rings (SSSR count). The fraction of sp³-hybridized carbons (Fsp3) is 0.125. The summed E-state index contributed by atoms with van der Waals surface area (Å²) in [5.41, 5.74) is 0. The van der Waals surface area contributed by atoms with Crippen molar-refractivity contribution in [3.8, 4) is 11.5 Å². The molecule has 1 aliphatic heterocycles. The molecule has 0 amide bonds. The molecular weight excluding hydrogens is 352 g/mol. The van der Waals surface area contributed by atoms with Gasteiger partial charge in [0, 0.05) is 5.41 Å². The fourth-order valence-corrected chi connectivity index (χ4v) is 4.41. The Morgan fingerprint density at radius 3 is 2.12 bits per heavy atom. The first-order valence-electron chi connectivity index (χ1n) is 7.01. The highest BCUT2D eigenvalue weighted by molar-refractivity contribution is 7.94. The minimum Gasteiger partial charge on any atom is -0.457 e. The van der Waals surface area contributed by atoms with Crippen LogP contribution in [0, 0.1) is 0 Å². The molecule has 6 nitrogen and oxygen atoms in total. The zero-order valence-electron chi connectivity index (χ0n) is 12.4. The van der Waals surface area contributed by atoms with Crippen LogP contribution in [0.3, 0.4) is 0 Å². The van der Waals surface area contributed by atoms with E-state index in [-0.39, 0.29) is 10.6 Å². The first-order valence-corrected chi connectivity index (χ1v) is 10.1. The predicted octanol–water partition coefficient (Wildman–Crippen LogP) is 2.49. The molecule has 2 aromatic rings. The van der Waals surface area contributed by atoms with E-state index in [0.717, 1.165) is 5.41 Å². The van der Waals surface area contributed by atoms with Crippen LogP contribution in [-0.4, -0.2) is 28.7 Å². The topological polar surface area (TPSA) is 86.7 Å². The molecule has 0 saturated heterocycles. The quantitative estimate of drug-likeness (QED) is 0.756. The van der Waals surface area contributed by atoms with Gasteiger partial charge in [-0.1, -0.05) is 18.2 Å². The molecule has 0 spiro atoms. The van der Waals surface area contributed by atoms with E-state index in [1.165, 1.54) is 30.3 Å². The Labute approximate surface area is 140 Å². The van der Waals surface area contributed by atoms with Crippen molar-refractivity contribution in [2.75, 3.05) is 5.75 Å². The van der Waals surface area contributed by atoms with E-state index >= 15 is 0 Å². The van der Waals surface area contributed by atoms with Crippen LogP contribution >= 0.6 is 0 Å². The molecular formula is C16H14O6S2. The summed E-state index contributed by atoms with van der Waals surface area (Å²) < 4.78 is 57.5. The molecule has 0 bridgehead atoms. The van der Waals surface area contributed by atoms with Crippen LogP contribution in [0.15, 0.2) is 71.0 Å². The van der Waals surface area contributed by atoms with Crippen molar-refractivity contribution in [2.24, 2.45) is 0 Å². The van der Waals surface area contributed by atoms with Crippen molar-refractivity contribution < 1.29 is 25.8 Å². The number of hydrogen-bond acceptors (Lipinski definition) is 6. The van der Waals surface area contributed by atoms with E-state index in [1.54, 1.807) is 12.1 Å². The monoisotopic (exact) mass is 366 g/mol. The maximum Gasteiger partial charge on any atom is 0.297 e. The molecule has 1 heterocycles. The highest BCUT2D eigenvalue weighted by Crippen LogP contribution is 2.24. The largest absolute Gasteiger partial charge is 0.457 e. The summed E-state index contributed by atoms with van der Waals surface area (Å²) in [6.45, 7) is 0. The molecule has 0 saturated carbocycles. The van der Waals surface area contributed by atoms with Gasteiger partial charge in [-0.05, 0) is 42.5 Å². The van der Waals surface area contributed by atoms with E-state index in [1.807, 2.05) is 18.2 Å². The second kappa shape index (κ2) is 6.39. The molecule has 0 N–H and O–H groups in total. The maximum absolute atomic E-state index is 12.2. The van der Waals surface area contributed by atoms with Crippen molar-refractivity contribution in [1.82, 2.24) is 0 Å². The third-order valence-corrected chi connectivity index (χ3v) is 5.95. The van der Waals surface area contributed by atoms with Gasteiger partial charge in [0.1, 0.15) is 17.6 Å². The smallest absolute Gasteiger partial charge is 0.297 e. The molecule has 2 aromatic carbocycles. The average molecular weight is 366 g/mol. The minimum atomic E-state index is -4.05. The molecule has 1 atom stereocenters. The average Bonchev–Trinajstić information content (AvgIpc) is 2.87. The molecule has 24 heavy (non-hydrogen) atoms. The summed E-state index contributed by atoms with van der Waals surface area (Å²) in [5, 5.41) is 0.962. The van der Waals surface area contributed by atoms with E-state index in [0.29, 0.717) is 11.5 Å². The lowest BCUT2D eigenvalue weighted by Gasteiger charge is -2.10. The lowest BCUT2D eigenvalue weighted by atomic mass is 10.3. The van der Waals surface area contributed by atoms with Crippen molar-refractivity contribution in [2.45, 2.75) is 11.0 Å². The van der Waals surface area contributed by atoms with Crippen LogP contribution in [0.1, 0.15) is 0 Å². The van der Waals surface area contributed by atoms with Crippen LogP contribution in [0.25, 0.3) is 0 Å². The van der Waals surface area contributed by atoms with Gasteiger partial charge in [0.15, 0.2) is 9.84 Å². The van der Waals surface area contributed by atoms with Crippen LogP contribution in [0.2, 0.25) is 0 Å². The first-order chi connectivity index (χ1) is 11.3. The Hall–Kier alpha value is -2.16. The molecule has 0 fully saturated rings. The Morgan fingerprint density at radius 1 is 0.917 bits per heavy atom. The fourth-order valence-electron chi connectivity index (χ4n) is 2.12. The van der Waals surface area contributed by atoms with E-state index in [4.69, 9.17) is 8.92 Å². The maximum atomic E-state index is 12.2. The zero-order valence-corrected chi connectivity index (χ0v) is 14.0. The Bertz CT molecular complexity index is 945. The second-order valence-corrected chi connectivity index (χ2v) is 8.64. The Kier molecular flexibility index (Phi) is 4.44. The summed E-state index contributed by atoms with van der Waals surface area (Å²) >= 11 is 0. The number of sulfone groups is 1. The van der Waals surface area contributed by atoms with Crippen molar-refractivity contribution in [1.29, 1.82) is 0 Å². The number of benzene rings is 2. The second-order valence-electron chi connectivity index (χ2n) is 5.13. The minimum absolute atomic E-state index is 0.0689. The van der Waals surface area contributed by atoms with E-state index in [9.17, 15) is 16.8 Å². The summed E-state index contributed by atoms with van der Waals surface area (Å²) in [7, 11) is -7.44. The third kappa shape index (κ3) is 4.02. The van der Waals surface area contributed by atoms with E-state index < -0.39 is 26.1 Å². The number of rotatable bonds is 5. The van der Waals surface area contributed by atoms with Gasteiger partial charge in [0.05, 0.1) is 10.6 Å². The van der Waals surface area contributed by atoms with Crippen molar-refractivity contribution in [3.63, 3.8) is 0 Å². The van der Waals surface area contributed by atoms with Gasteiger partial charge in [0.2, 0.25) is 0 Å². The van der Waals surface area contributed by atoms with Gasteiger partial charge >= 0.3 is 0 Å². The standard InChI is InChI=1S/C16H14O6S2/c17-23(18)11-10-15(12-23)22-24(19,20)16-8-6-14(7-9-16)21-13-4-2-1-3-5-13/h1-11,15H,12H2/t15-/m0/s1. The van der Waals surface area contributed by atoms with Gasteiger partial charge in [-0.15, -0.1) is 0 Å². The van der Waals surface area contributed by atoms with Gasteiger partial charge in [-0.2, -0.15) is 8.42 Å². The van der Waals surface area contributed by atoms with Gasteiger partial charge in [0.25, 0.3) is 10.1 Å². The van der Waals surface area contributed by atoms with Crippen molar-refractivity contribution >= 4 is 20.0 Å². The van der Waals surface area contributed by atoms with Gasteiger partial charge in [-0.3, -0.25) is 4.18 Å². The normalized spacial score (nSPS) is 19.2. The van der Waals surface area contributed by atoms with Crippen LogP contribution < -0.4 is 4.74 Å². The highest BCUT2D eigenvalue weighted by atomic mass is 32.2. The first kappa shape index (κ1) is 16.7. The molecule has 0 aliphatic carbocycles. The molecule has 126 valence electrons. The predicted molar refractivity (Wildman–Crippen MR) is 87.9 cm³/mol. The SMILES string of the molecule is O=S1(=O)C=C[C@H](OS(=O)(=O)c2ccc(Oc3ccccc3)cc2)C1. The zero-order chi connectivity index (χ0) is 17.2. The molecule has 8 heteroatoms. The third-order valence-electron chi connectivity index (χ3n) is 3.24. The lowest BCUT2D eigenvalue weighted by Crippen LogP contribution is -2.20. The van der Waals surface area contributed by atoms with Crippen LogP contribution in [0.4, 0.5) is 0 Å². The number of hydrogen-bond donors (Lipinski definition) is 0. The van der Waals surface area contributed by atoms with Crippen LogP contribution in [-0.2, 0) is 24.1 Å². The molecule has 0 aromatic heterocycles. The Balaban J connectivity index is 1.71. The Morgan fingerprint density at radius 2 is 1.54 bits per heavy atom. The summed E-state index contributed by atoms with van der Waals surface area (Å²) in [5.74, 6) is 0.732. The summed E-state index contributed by atoms with van der Waals surface area (Å²) in [6.07, 6.45) is 0.222. The number of ether oxygens (including phenoxy) is 1.